The lowest BCUT2D eigenvalue weighted by Gasteiger charge is -2.26. The summed E-state index contributed by atoms with van der Waals surface area (Å²) >= 11 is 0. The maximum absolute atomic E-state index is 12.3. The number of carbonyl (C=O) groups is 1. The third-order valence-electron chi connectivity index (χ3n) is 5.11. The predicted octanol–water partition coefficient (Wildman–Crippen LogP) is 2.94. The van der Waals surface area contributed by atoms with Crippen LogP contribution in [-0.2, 0) is 16.1 Å². The molecule has 3 aromatic rings. The van der Waals surface area contributed by atoms with Gasteiger partial charge in [0.15, 0.2) is 18.1 Å². The van der Waals surface area contributed by atoms with Crippen molar-refractivity contribution in [2.45, 2.75) is 6.54 Å². The summed E-state index contributed by atoms with van der Waals surface area (Å²) in [7, 11) is 1.59. The van der Waals surface area contributed by atoms with Gasteiger partial charge in [0.1, 0.15) is 0 Å². The topological polar surface area (TPSA) is 88.7 Å². The average Bonchev–Trinajstić information content (AvgIpc) is 3.37. The van der Waals surface area contributed by atoms with Crippen molar-refractivity contribution in [3.05, 3.63) is 60.3 Å². The number of ether oxygens (including phenoxy) is 3. The van der Waals surface area contributed by atoms with Crippen LogP contribution in [0.1, 0.15) is 5.56 Å². The van der Waals surface area contributed by atoms with Crippen LogP contribution in [0.3, 0.4) is 0 Å². The molecule has 8 nitrogen and oxygen atoms in total. The van der Waals surface area contributed by atoms with E-state index in [1.54, 1.807) is 18.2 Å². The SMILES string of the molecule is COc1cc(CNc2cccc(-c3ccn[nH]3)c2)ccc1OCC(=O)N1CCOCC1. The van der Waals surface area contributed by atoms with Gasteiger partial charge < -0.3 is 24.4 Å². The van der Waals surface area contributed by atoms with E-state index in [1.165, 1.54) is 0 Å². The molecule has 1 amide bonds. The van der Waals surface area contributed by atoms with Crippen LogP contribution in [-0.4, -0.2) is 61.0 Å². The van der Waals surface area contributed by atoms with E-state index in [1.807, 2.05) is 42.5 Å². The minimum atomic E-state index is -0.0479. The summed E-state index contributed by atoms with van der Waals surface area (Å²) in [6.45, 7) is 2.95. The zero-order chi connectivity index (χ0) is 21.5. The standard InChI is InChI=1S/C23H26N4O4/c1-29-22-13-17(5-6-21(22)31-16-23(28)27-9-11-30-12-10-27)15-24-19-4-2-3-18(14-19)20-7-8-25-26-20/h2-8,13-14,24H,9-12,15-16H2,1H3,(H,25,26). The number of aromatic amines is 1. The van der Waals surface area contributed by atoms with Crippen LogP contribution in [0.4, 0.5) is 5.69 Å². The van der Waals surface area contributed by atoms with Gasteiger partial charge in [-0.2, -0.15) is 5.10 Å². The van der Waals surface area contributed by atoms with Crippen LogP contribution in [0.2, 0.25) is 0 Å². The second-order valence-electron chi connectivity index (χ2n) is 7.17. The van der Waals surface area contributed by atoms with Crippen LogP contribution < -0.4 is 14.8 Å². The fourth-order valence-corrected chi connectivity index (χ4v) is 3.40. The molecular weight excluding hydrogens is 396 g/mol. The normalized spacial score (nSPS) is 13.6. The molecule has 2 aromatic carbocycles. The van der Waals surface area contributed by atoms with E-state index in [4.69, 9.17) is 14.2 Å². The summed E-state index contributed by atoms with van der Waals surface area (Å²) in [6.07, 6.45) is 1.74. The smallest absolute Gasteiger partial charge is 0.260 e. The molecule has 1 saturated heterocycles. The Morgan fingerprint density at radius 2 is 2.03 bits per heavy atom. The van der Waals surface area contributed by atoms with Crippen LogP contribution >= 0.6 is 0 Å². The number of rotatable bonds is 8. The number of methoxy groups -OCH3 is 1. The highest BCUT2D eigenvalue weighted by molar-refractivity contribution is 5.78. The number of benzene rings is 2. The van der Waals surface area contributed by atoms with Gasteiger partial charge in [0.05, 0.1) is 26.0 Å². The van der Waals surface area contributed by atoms with E-state index in [2.05, 4.69) is 21.6 Å². The average molecular weight is 422 g/mol. The van der Waals surface area contributed by atoms with Crippen molar-refractivity contribution in [1.29, 1.82) is 0 Å². The van der Waals surface area contributed by atoms with Crippen molar-refractivity contribution in [3.8, 4) is 22.8 Å². The molecule has 0 saturated carbocycles. The van der Waals surface area contributed by atoms with E-state index in [9.17, 15) is 4.79 Å². The molecule has 0 aliphatic carbocycles. The van der Waals surface area contributed by atoms with Crippen molar-refractivity contribution >= 4 is 11.6 Å². The number of nitrogens with zero attached hydrogens (tertiary/aromatic N) is 2. The minimum Gasteiger partial charge on any atom is -0.493 e. The molecule has 1 fully saturated rings. The van der Waals surface area contributed by atoms with Gasteiger partial charge >= 0.3 is 0 Å². The quantitative estimate of drug-likeness (QED) is 0.580. The number of H-pyrrole nitrogens is 1. The highest BCUT2D eigenvalue weighted by atomic mass is 16.5. The molecule has 162 valence electrons. The van der Waals surface area contributed by atoms with Gasteiger partial charge in [-0.15, -0.1) is 0 Å². The Labute approximate surface area is 181 Å². The Bertz CT molecular complexity index is 1000. The Hall–Kier alpha value is -3.52. The minimum absolute atomic E-state index is 0.0195. The van der Waals surface area contributed by atoms with Gasteiger partial charge in [0, 0.05) is 37.1 Å². The number of morpholine rings is 1. The molecule has 31 heavy (non-hydrogen) atoms. The molecule has 1 aliphatic heterocycles. The van der Waals surface area contributed by atoms with Gasteiger partial charge in [0.2, 0.25) is 0 Å². The molecule has 4 rings (SSSR count). The summed E-state index contributed by atoms with van der Waals surface area (Å²) in [5, 5.41) is 10.4. The molecule has 0 spiro atoms. The molecule has 1 aliphatic rings. The zero-order valence-electron chi connectivity index (χ0n) is 17.5. The largest absolute Gasteiger partial charge is 0.493 e. The third-order valence-corrected chi connectivity index (χ3v) is 5.11. The van der Waals surface area contributed by atoms with Crippen molar-refractivity contribution in [2.24, 2.45) is 0 Å². The van der Waals surface area contributed by atoms with Crippen molar-refractivity contribution in [3.63, 3.8) is 0 Å². The zero-order valence-corrected chi connectivity index (χ0v) is 17.5. The first-order chi connectivity index (χ1) is 15.2. The lowest BCUT2D eigenvalue weighted by atomic mass is 10.1. The van der Waals surface area contributed by atoms with E-state index in [-0.39, 0.29) is 12.5 Å². The monoisotopic (exact) mass is 422 g/mol. The lowest BCUT2D eigenvalue weighted by Crippen LogP contribution is -2.43. The van der Waals surface area contributed by atoms with Gasteiger partial charge in [0.25, 0.3) is 5.91 Å². The van der Waals surface area contributed by atoms with Crippen molar-refractivity contribution in [2.75, 3.05) is 45.3 Å². The molecule has 2 heterocycles. The summed E-state index contributed by atoms with van der Waals surface area (Å²) in [6, 6.07) is 15.8. The molecular formula is C23H26N4O4. The summed E-state index contributed by atoms with van der Waals surface area (Å²) in [4.78, 5) is 14.1. The number of hydrogen-bond acceptors (Lipinski definition) is 6. The van der Waals surface area contributed by atoms with Crippen molar-refractivity contribution < 1.29 is 19.0 Å². The maximum Gasteiger partial charge on any atom is 0.260 e. The van der Waals surface area contributed by atoms with E-state index < -0.39 is 0 Å². The maximum atomic E-state index is 12.3. The van der Waals surface area contributed by atoms with Gasteiger partial charge in [-0.25, -0.2) is 0 Å². The number of carbonyl (C=O) groups excluding carboxylic acids is 1. The second-order valence-corrected chi connectivity index (χ2v) is 7.17. The first-order valence-corrected chi connectivity index (χ1v) is 10.2. The molecule has 1 aromatic heterocycles. The Morgan fingerprint density at radius 1 is 1.16 bits per heavy atom. The highest BCUT2D eigenvalue weighted by Crippen LogP contribution is 2.29. The molecule has 0 atom stereocenters. The number of nitrogens with one attached hydrogen (secondary N) is 2. The van der Waals surface area contributed by atoms with Crippen LogP contribution in [0.15, 0.2) is 54.7 Å². The number of amides is 1. The fraction of sp³-hybridized carbons (Fsp3) is 0.304. The first-order valence-electron chi connectivity index (χ1n) is 10.2. The van der Waals surface area contributed by atoms with Gasteiger partial charge in [-0.3, -0.25) is 9.89 Å². The van der Waals surface area contributed by atoms with Gasteiger partial charge in [-0.05, 0) is 35.9 Å². The summed E-state index contributed by atoms with van der Waals surface area (Å²) in [5.41, 5.74) is 4.07. The third kappa shape index (κ3) is 5.35. The summed E-state index contributed by atoms with van der Waals surface area (Å²) < 4.78 is 16.5. The Kier molecular flexibility index (Phi) is 6.68. The second kappa shape index (κ2) is 9.99. The van der Waals surface area contributed by atoms with E-state index in [0.717, 1.165) is 22.5 Å². The lowest BCUT2D eigenvalue weighted by molar-refractivity contribution is -0.137. The Balaban J connectivity index is 1.35. The summed E-state index contributed by atoms with van der Waals surface area (Å²) in [5.74, 6) is 1.10. The molecule has 8 heteroatoms. The molecule has 0 bridgehead atoms. The predicted molar refractivity (Wildman–Crippen MR) is 117 cm³/mol. The number of hydrogen-bond donors (Lipinski definition) is 2. The van der Waals surface area contributed by atoms with Crippen LogP contribution in [0, 0.1) is 0 Å². The first kappa shape index (κ1) is 20.7. The van der Waals surface area contributed by atoms with Crippen molar-refractivity contribution in [1.82, 2.24) is 15.1 Å². The van der Waals surface area contributed by atoms with E-state index in [0.29, 0.717) is 44.3 Å². The number of anilines is 1. The fourth-order valence-electron chi connectivity index (χ4n) is 3.40. The molecule has 0 unspecified atom stereocenters. The van der Waals surface area contributed by atoms with Crippen LogP contribution in [0.5, 0.6) is 11.5 Å². The molecule has 0 radical (unpaired) electrons. The molecule has 2 N–H and O–H groups in total. The Morgan fingerprint density at radius 3 is 2.81 bits per heavy atom. The van der Waals surface area contributed by atoms with Crippen LogP contribution in [0.25, 0.3) is 11.3 Å². The van der Waals surface area contributed by atoms with Gasteiger partial charge in [-0.1, -0.05) is 18.2 Å². The van der Waals surface area contributed by atoms with E-state index >= 15 is 0 Å². The highest BCUT2D eigenvalue weighted by Gasteiger charge is 2.18. The number of aromatic nitrogens is 2.